The maximum Gasteiger partial charge on any atom is 0.0326 e. The molecule has 0 aromatic carbocycles. The van der Waals surface area contributed by atoms with Crippen LogP contribution < -0.4 is 0 Å². The van der Waals surface area contributed by atoms with Crippen LogP contribution in [0.5, 0.6) is 0 Å². The zero-order valence-electron chi connectivity index (χ0n) is 5.18. The molecule has 42 valence electrons. The Bertz CT molecular complexity index is 57.1. The maximum atomic E-state index is 3.81. The second-order valence-corrected chi connectivity index (χ2v) is 1.70. The number of hydrogen-bond donors (Lipinski definition) is 0. The van der Waals surface area contributed by atoms with E-state index in [9.17, 15) is 0 Å². The number of nitrogens with zero attached hydrogens (tertiary/aromatic N) is 2. The fourth-order valence-corrected chi connectivity index (χ4v) is 0.245. The summed E-state index contributed by atoms with van der Waals surface area (Å²) < 4.78 is 0. The fourth-order valence-electron chi connectivity index (χ4n) is 0.245. The SMILES string of the molecule is CN=CCN(C)C. The lowest BCUT2D eigenvalue weighted by Crippen LogP contribution is -2.13. The summed E-state index contributed by atoms with van der Waals surface area (Å²) in [4.78, 5) is 5.87. The van der Waals surface area contributed by atoms with Gasteiger partial charge in [-0.2, -0.15) is 0 Å². The van der Waals surface area contributed by atoms with Crippen molar-refractivity contribution in [3.63, 3.8) is 0 Å². The molecule has 0 radical (unpaired) electrons. The summed E-state index contributed by atoms with van der Waals surface area (Å²) in [7, 11) is 5.81. The van der Waals surface area contributed by atoms with E-state index in [4.69, 9.17) is 0 Å². The lowest BCUT2D eigenvalue weighted by atomic mass is 10.6. The van der Waals surface area contributed by atoms with Crippen molar-refractivity contribution < 1.29 is 0 Å². The first-order valence-corrected chi connectivity index (χ1v) is 2.32. The Morgan fingerprint density at radius 2 is 2.14 bits per heavy atom. The lowest BCUT2D eigenvalue weighted by Gasteiger charge is -2.01. The Hall–Kier alpha value is -0.370. The van der Waals surface area contributed by atoms with Crippen LogP contribution in [0.1, 0.15) is 0 Å². The second kappa shape index (κ2) is 3.81. The van der Waals surface area contributed by atoms with Gasteiger partial charge in [0.25, 0.3) is 0 Å². The Labute approximate surface area is 44.9 Å². The molecule has 0 atom stereocenters. The predicted molar refractivity (Wildman–Crippen MR) is 33.0 cm³/mol. The first-order valence-electron chi connectivity index (χ1n) is 2.32. The van der Waals surface area contributed by atoms with Crippen LogP contribution in [-0.4, -0.2) is 38.8 Å². The van der Waals surface area contributed by atoms with Crippen LogP contribution in [0.15, 0.2) is 4.99 Å². The highest BCUT2D eigenvalue weighted by molar-refractivity contribution is 5.59. The van der Waals surface area contributed by atoms with Crippen molar-refractivity contribution in [1.29, 1.82) is 0 Å². The molecule has 0 aromatic rings. The molecule has 0 bridgehead atoms. The molecule has 0 fully saturated rings. The minimum absolute atomic E-state index is 0.941. The zero-order valence-corrected chi connectivity index (χ0v) is 5.18. The van der Waals surface area contributed by atoms with E-state index in [1.807, 2.05) is 20.3 Å². The lowest BCUT2D eigenvalue weighted by molar-refractivity contribution is 0.473. The summed E-state index contributed by atoms with van der Waals surface area (Å²) >= 11 is 0. The molecule has 0 aliphatic carbocycles. The van der Waals surface area contributed by atoms with Crippen LogP contribution in [-0.2, 0) is 0 Å². The van der Waals surface area contributed by atoms with Gasteiger partial charge in [-0.25, -0.2) is 0 Å². The number of hydrogen-bond acceptors (Lipinski definition) is 2. The minimum atomic E-state index is 0.941. The molecule has 2 nitrogen and oxygen atoms in total. The van der Waals surface area contributed by atoms with E-state index in [1.165, 1.54) is 0 Å². The monoisotopic (exact) mass is 100 g/mol. The molecule has 0 unspecified atom stereocenters. The minimum Gasteiger partial charge on any atom is -0.304 e. The average molecular weight is 100 g/mol. The van der Waals surface area contributed by atoms with Crippen LogP contribution in [0.2, 0.25) is 0 Å². The topological polar surface area (TPSA) is 15.6 Å². The third kappa shape index (κ3) is 5.63. The fraction of sp³-hybridized carbons (Fsp3) is 0.800. The second-order valence-electron chi connectivity index (χ2n) is 1.70. The third-order valence-electron chi connectivity index (χ3n) is 0.629. The zero-order chi connectivity index (χ0) is 5.70. The summed E-state index contributed by atoms with van der Waals surface area (Å²) in [5.74, 6) is 0. The molecule has 0 saturated carbocycles. The molecule has 0 rings (SSSR count). The first-order chi connectivity index (χ1) is 3.27. The molecular formula is C5H12N2. The highest BCUT2D eigenvalue weighted by Crippen LogP contribution is 1.65. The van der Waals surface area contributed by atoms with Crippen LogP contribution in [0.4, 0.5) is 0 Å². The average Bonchev–Trinajstić information content (AvgIpc) is 1.61. The largest absolute Gasteiger partial charge is 0.304 e. The highest BCUT2D eigenvalue weighted by atomic mass is 15.1. The summed E-state index contributed by atoms with van der Waals surface area (Å²) in [6.45, 7) is 0.941. The Morgan fingerprint density at radius 1 is 1.57 bits per heavy atom. The van der Waals surface area contributed by atoms with Gasteiger partial charge in [-0.3, -0.25) is 4.99 Å². The van der Waals surface area contributed by atoms with E-state index in [0.29, 0.717) is 0 Å². The van der Waals surface area contributed by atoms with Gasteiger partial charge in [-0.15, -0.1) is 0 Å². The summed E-state index contributed by atoms with van der Waals surface area (Å²) in [5, 5.41) is 0. The van der Waals surface area contributed by atoms with Crippen molar-refractivity contribution in [2.24, 2.45) is 4.99 Å². The van der Waals surface area contributed by atoms with Crippen molar-refractivity contribution in [3.05, 3.63) is 0 Å². The van der Waals surface area contributed by atoms with E-state index in [1.54, 1.807) is 7.05 Å². The third-order valence-corrected chi connectivity index (χ3v) is 0.629. The molecule has 0 saturated heterocycles. The van der Waals surface area contributed by atoms with Crippen molar-refractivity contribution in [2.45, 2.75) is 0 Å². The summed E-state index contributed by atoms with van der Waals surface area (Å²) in [6.07, 6.45) is 1.88. The first kappa shape index (κ1) is 6.63. The molecule has 0 aromatic heterocycles. The summed E-state index contributed by atoms with van der Waals surface area (Å²) in [6, 6.07) is 0. The van der Waals surface area contributed by atoms with Gasteiger partial charge in [0.2, 0.25) is 0 Å². The number of rotatable bonds is 2. The van der Waals surface area contributed by atoms with Gasteiger partial charge < -0.3 is 4.90 Å². The number of aliphatic imine (C=N–C) groups is 1. The van der Waals surface area contributed by atoms with Crippen molar-refractivity contribution >= 4 is 6.21 Å². The van der Waals surface area contributed by atoms with Gasteiger partial charge in [0.1, 0.15) is 0 Å². The smallest absolute Gasteiger partial charge is 0.0326 e. The molecule has 7 heavy (non-hydrogen) atoms. The molecule has 0 aliphatic heterocycles. The van der Waals surface area contributed by atoms with Crippen molar-refractivity contribution in [2.75, 3.05) is 27.7 Å². The van der Waals surface area contributed by atoms with Gasteiger partial charge >= 0.3 is 0 Å². The standard InChI is InChI=1S/C5H12N2/c1-6-4-5-7(2)3/h4H,5H2,1-3H3. The van der Waals surface area contributed by atoms with E-state index in [0.717, 1.165) is 6.54 Å². The molecule has 0 aliphatic rings. The Balaban J connectivity index is 2.97. The van der Waals surface area contributed by atoms with Crippen LogP contribution >= 0.6 is 0 Å². The molecule has 2 heteroatoms. The molecule has 0 amide bonds. The van der Waals surface area contributed by atoms with Gasteiger partial charge in [0.05, 0.1) is 0 Å². The van der Waals surface area contributed by atoms with Gasteiger partial charge in [-0.05, 0) is 14.1 Å². The summed E-state index contributed by atoms with van der Waals surface area (Å²) in [5.41, 5.74) is 0. The molecule has 0 spiro atoms. The van der Waals surface area contributed by atoms with Crippen LogP contribution in [0, 0.1) is 0 Å². The molecular weight excluding hydrogens is 88.1 g/mol. The quantitative estimate of drug-likeness (QED) is 0.454. The van der Waals surface area contributed by atoms with E-state index >= 15 is 0 Å². The predicted octanol–water partition coefficient (Wildman–Crippen LogP) is 0.249. The highest BCUT2D eigenvalue weighted by Gasteiger charge is 1.78. The normalized spacial score (nSPS) is 11.4. The van der Waals surface area contributed by atoms with Gasteiger partial charge in [-0.1, -0.05) is 0 Å². The van der Waals surface area contributed by atoms with Crippen LogP contribution in [0.25, 0.3) is 0 Å². The maximum absolute atomic E-state index is 3.81. The van der Waals surface area contributed by atoms with Crippen LogP contribution in [0.3, 0.4) is 0 Å². The van der Waals surface area contributed by atoms with E-state index in [-0.39, 0.29) is 0 Å². The molecule has 0 N–H and O–H groups in total. The van der Waals surface area contributed by atoms with E-state index < -0.39 is 0 Å². The Kier molecular flexibility index (Phi) is 3.61. The van der Waals surface area contributed by atoms with Gasteiger partial charge in [0, 0.05) is 19.8 Å². The molecule has 0 heterocycles. The van der Waals surface area contributed by atoms with E-state index in [2.05, 4.69) is 9.89 Å². The van der Waals surface area contributed by atoms with Crippen molar-refractivity contribution in [1.82, 2.24) is 4.90 Å². The van der Waals surface area contributed by atoms with Gasteiger partial charge in [0.15, 0.2) is 0 Å². The van der Waals surface area contributed by atoms with Crippen molar-refractivity contribution in [3.8, 4) is 0 Å². The Morgan fingerprint density at radius 3 is 2.29 bits per heavy atom.